The summed E-state index contributed by atoms with van der Waals surface area (Å²) in [6.45, 7) is 3.68. The first-order chi connectivity index (χ1) is 18.8. The van der Waals surface area contributed by atoms with E-state index in [1.165, 1.54) is 44.5 Å². The van der Waals surface area contributed by atoms with Crippen molar-refractivity contribution < 1.29 is 0 Å². The maximum absolute atomic E-state index is 4.68. The number of fused-ring (bicyclic) bond motifs is 2. The second kappa shape index (κ2) is 9.84. The van der Waals surface area contributed by atoms with Gasteiger partial charge in [-0.25, -0.2) is 0 Å². The van der Waals surface area contributed by atoms with Gasteiger partial charge in [0.2, 0.25) is 0 Å². The zero-order valence-electron chi connectivity index (χ0n) is 21.2. The minimum atomic E-state index is 0.893. The first-order valence-electron chi connectivity index (χ1n) is 13.3. The van der Waals surface area contributed by atoms with Crippen LogP contribution in [-0.2, 0) is 6.42 Å². The van der Waals surface area contributed by atoms with E-state index in [0.29, 0.717) is 0 Å². The summed E-state index contributed by atoms with van der Waals surface area (Å²) in [7, 11) is 0. The molecule has 38 heavy (non-hydrogen) atoms. The zero-order chi connectivity index (χ0) is 25.3. The van der Waals surface area contributed by atoms with Crippen LogP contribution in [0.4, 0.5) is 0 Å². The molecular formula is C31H29N7. The molecule has 0 saturated carbocycles. The molecule has 0 unspecified atom stereocenters. The van der Waals surface area contributed by atoms with Crippen molar-refractivity contribution in [3.8, 4) is 33.6 Å². The van der Waals surface area contributed by atoms with Gasteiger partial charge >= 0.3 is 0 Å². The second-order valence-corrected chi connectivity index (χ2v) is 10.1. The van der Waals surface area contributed by atoms with Gasteiger partial charge in [0.25, 0.3) is 0 Å². The van der Waals surface area contributed by atoms with Crippen molar-refractivity contribution in [2.75, 3.05) is 19.6 Å². The van der Waals surface area contributed by atoms with E-state index in [1.807, 2.05) is 37.1 Å². The van der Waals surface area contributed by atoms with Crippen LogP contribution < -0.4 is 0 Å². The maximum atomic E-state index is 4.68. The van der Waals surface area contributed by atoms with Gasteiger partial charge < -0.3 is 9.88 Å². The van der Waals surface area contributed by atoms with Crippen LogP contribution >= 0.6 is 0 Å². The fourth-order valence-electron chi connectivity index (χ4n) is 5.62. The number of H-pyrrole nitrogens is 2. The lowest BCUT2D eigenvalue weighted by atomic mass is 10.0. The van der Waals surface area contributed by atoms with Gasteiger partial charge in [0.1, 0.15) is 5.69 Å². The molecule has 5 aromatic heterocycles. The number of nitrogens with zero attached hydrogens (tertiary/aromatic N) is 5. The lowest BCUT2D eigenvalue weighted by Crippen LogP contribution is -2.20. The molecule has 0 atom stereocenters. The number of likely N-dealkylation sites (tertiary alicyclic amines) is 1. The summed E-state index contributed by atoms with van der Waals surface area (Å²) in [5, 5.41) is 10.1. The first kappa shape index (κ1) is 22.8. The van der Waals surface area contributed by atoms with Crippen molar-refractivity contribution in [3.05, 3.63) is 85.2 Å². The van der Waals surface area contributed by atoms with Crippen LogP contribution in [0.2, 0.25) is 0 Å². The molecule has 0 radical (unpaired) electrons. The first-order valence-corrected chi connectivity index (χ1v) is 13.3. The summed E-state index contributed by atoms with van der Waals surface area (Å²) in [6, 6.07) is 14.9. The van der Waals surface area contributed by atoms with Crippen LogP contribution in [0, 0.1) is 0 Å². The van der Waals surface area contributed by atoms with E-state index in [0.717, 1.165) is 61.9 Å². The van der Waals surface area contributed by atoms with Crippen molar-refractivity contribution in [1.82, 2.24) is 35.0 Å². The Balaban J connectivity index is 1.20. The van der Waals surface area contributed by atoms with Crippen molar-refractivity contribution >= 4 is 21.8 Å². The van der Waals surface area contributed by atoms with Crippen LogP contribution in [0.15, 0.2) is 79.6 Å². The number of benzene rings is 1. The zero-order valence-corrected chi connectivity index (χ0v) is 21.2. The molecule has 2 N–H and O–H groups in total. The minimum Gasteiger partial charge on any atom is -0.352 e. The van der Waals surface area contributed by atoms with E-state index >= 15 is 0 Å². The Hall–Kier alpha value is -4.36. The number of aryl methyl sites for hydroxylation is 1. The molecule has 7 rings (SSSR count). The van der Waals surface area contributed by atoms with Crippen molar-refractivity contribution in [2.24, 2.45) is 0 Å². The Bertz CT molecular complexity index is 1710. The highest BCUT2D eigenvalue weighted by atomic mass is 15.1. The Kier molecular flexibility index (Phi) is 5.90. The summed E-state index contributed by atoms with van der Waals surface area (Å²) in [4.78, 5) is 19.4. The van der Waals surface area contributed by atoms with Gasteiger partial charge in [-0.05, 0) is 86.8 Å². The number of rotatable bonds is 7. The number of nitrogens with one attached hydrogen (secondary N) is 2. The average molecular weight is 500 g/mol. The molecule has 6 heterocycles. The van der Waals surface area contributed by atoms with E-state index < -0.39 is 0 Å². The number of hydrogen-bond acceptors (Lipinski definition) is 5. The highest BCUT2D eigenvalue weighted by molar-refractivity contribution is 6.01. The number of aromatic amines is 2. The fourth-order valence-corrected chi connectivity index (χ4v) is 5.62. The Morgan fingerprint density at radius 2 is 1.66 bits per heavy atom. The van der Waals surface area contributed by atoms with Crippen LogP contribution in [0.5, 0.6) is 0 Å². The smallest absolute Gasteiger partial charge is 0.116 e. The normalized spacial score (nSPS) is 14.1. The Labute approximate surface area is 221 Å². The predicted molar refractivity (Wildman–Crippen MR) is 152 cm³/mol. The summed E-state index contributed by atoms with van der Waals surface area (Å²) in [6.07, 6.45) is 16.3. The molecule has 6 aromatic rings. The molecule has 7 nitrogen and oxygen atoms in total. The molecule has 188 valence electrons. The molecule has 7 heteroatoms. The quantitative estimate of drug-likeness (QED) is 0.271. The second-order valence-electron chi connectivity index (χ2n) is 10.1. The van der Waals surface area contributed by atoms with Crippen LogP contribution in [-0.4, -0.2) is 54.7 Å². The third-order valence-electron chi connectivity index (χ3n) is 7.60. The van der Waals surface area contributed by atoms with E-state index in [4.69, 9.17) is 0 Å². The van der Waals surface area contributed by atoms with Crippen LogP contribution in [0.25, 0.3) is 55.4 Å². The minimum absolute atomic E-state index is 0.893. The predicted octanol–water partition coefficient (Wildman–Crippen LogP) is 6.26. The molecule has 0 bridgehead atoms. The lowest BCUT2D eigenvalue weighted by molar-refractivity contribution is 0.334. The molecule has 1 aromatic carbocycles. The van der Waals surface area contributed by atoms with Crippen LogP contribution in [0.1, 0.15) is 24.8 Å². The third kappa shape index (κ3) is 4.35. The molecule has 1 aliphatic rings. The molecule has 1 fully saturated rings. The SMILES string of the molecule is c1cncc(-c2cncc3[nH]c(-c4n[nH]c5ccc(-c6cncc(CCCN7CCCC7)c6)cc45)cc23)c1. The van der Waals surface area contributed by atoms with E-state index in [9.17, 15) is 0 Å². The van der Waals surface area contributed by atoms with E-state index in [2.05, 4.69) is 71.4 Å². The highest BCUT2D eigenvalue weighted by Crippen LogP contribution is 2.34. The highest BCUT2D eigenvalue weighted by Gasteiger charge is 2.15. The van der Waals surface area contributed by atoms with Gasteiger partial charge in [-0.2, -0.15) is 5.10 Å². The van der Waals surface area contributed by atoms with Crippen LogP contribution in [0.3, 0.4) is 0 Å². The summed E-state index contributed by atoms with van der Waals surface area (Å²) in [5.74, 6) is 0. The van der Waals surface area contributed by atoms with Gasteiger partial charge in [-0.15, -0.1) is 0 Å². The number of hydrogen-bond donors (Lipinski definition) is 2. The van der Waals surface area contributed by atoms with Gasteiger partial charge in [-0.3, -0.25) is 20.1 Å². The number of aromatic nitrogens is 6. The van der Waals surface area contributed by atoms with Crippen molar-refractivity contribution in [1.29, 1.82) is 0 Å². The maximum Gasteiger partial charge on any atom is 0.116 e. The Morgan fingerprint density at radius 3 is 2.55 bits per heavy atom. The summed E-state index contributed by atoms with van der Waals surface area (Å²) < 4.78 is 0. The topological polar surface area (TPSA) is 86.4 Å². The average Bonchev–Trinajstić information content (AvgIpc) is 3.73. The summed E-state index contributed by atoms with van der Waals surface area (Å²) >= 11 is 0. The molecular weight excluding hydrogens is 470 g/mol. The van der Waals surface area contributed by atoms with Crippen molar-refractivity contribution in [3.63, 3.8) is 0 Å². The van der Waals surface area contributed by atoms with Gasteiger partial charge in [0.15, 0.2) is 0 Å². The molecule has 0 amide bonds. The number of pyridine rings is 3. The standard InChI is InChI=1S/C31H29N7/c1-2-11-38(10-1)12-4-5-21-13-24(18-33-16-21)22-7-8-28-26(14-22)31(37-36-28)29-15-25-27(19-34-20-30(25)35-29)23-6-3-9-32-17-23/h3,6-9,13-20,35H,1-2,4-5,10-12H2,(H,36,37). The lowest BCUT2D eigenvalue weighted by Gasteiger charge is -2.14. The molecule has 0 spiro atoms. The van der Waals surface area contributed by atoms with E-state index in [-0.39, 0.29) is 0 Å². The van der Waals surface area contributed by atoms with Gasteiger partial charge in [0.05, 0.1) is 22.9 Å². The van der Waals surface area contributed by atoms with Gasteiger partial charge in [0, 0.05) is 58.4 Å². The van der Waals surface area contributed by atoms with E-state index in [1.54, 1.807) is 6.20 Å². The molecule has 1 saturated heterocycles. The largest absolute Gasteiger partial charge is 0.352 e. The fraction of sp³-hybridized carbons (Fsp3) is 0.226. The van der Waals surface area contributed by atoms with Gasteiger partial charge in [-0.1, -0.05) is 12.1 Å². The third-order valence-corrected chi connectivity index (χ3v) is 7.60. The molecule has 0 aliphatic carbocycles. The summed E-state index contributed by atoms with van der Waals surface area (Å²) in [5.41, 5.74) is 9.48. The monoisotopic (exact) mass is 499 g/mol. The molecule has 1 aliphatic heterocycles. The van der Waals surface area contributed by atoms with Crippen molar-refractivity contribution in [2.45, 2.75) is 25.7 Å². The Morgan fingerprint density at radius 1 is 0.763 bits per heavy atom.